The summed E-state index contributed by atoms with van der Waals surface area (Å²) in [6.45, 7) is 7.36. The number of β-amino-alcohol motifs (C(OH)–C–C–N with tert-alkyl or cyclic N) is 1. The Hall–Kier alpha value is -3.36. The van der Waals surface area contributed by atoms with Crippen LogP contribution in [0.5, 0.6) is 11.5 Å². The van der Waals surface area contributed by atoms with Gasteiger partial charge in [-0.3, -0.25) is 14.4 Å². The first-order valence-electron chi connectivity index (χ1n) is 12.0. The van der Waals surface area contributed by atoms with Gasteiger partial charge in [0.25, 0.3) is 0 Å². The summed E-state index contributed by atoms with van der Waals surface area (Å²) < 4.78 is 13.7. The molecule has 0 saturated carbocycles. The predicted octanol–water partition coefficient (Wildman–Crippen LogP) is 2.74. The first-order valence-corrected chi connectivity index (χ1v) is 12.0. The minimum atomic E-state index is -1.19. The molecule has 1 atom stereocenters. The van der Waals surface area contributed by atoms with E-state index in [1.165, 1.54) is 0 Å². The van der Waals surface area contributed by atoms with Crippen molar-refractivity contribution < 1.29 is 19.4 Å². The Morgan fingerprint density at radius 2 is 1.86 bits per heavy atom. The van der Waals surface area contributed by atoms with E-state index in [9.17, 15) is 9.90 Å². The van der Waals surface area contributed by atoms with E-state index in [4.69, 9.17) is 9.47 Å². The molecule has 3 aromatic rings. The fraction of sp³-hybridized carbons (Fsp3) is 0.407. The van der Waals surface area contributed by atoms with Crippen molar-refractivity contribution in [2.45, 2.75) is 32.5 Å². The quantitative estimate of drug-likeness (QED) is 0.510. The average Bonchev–Trinajstić information content (AvgIpc) is 3.17. The van der Waals surface area contributed by atoms with Crippen LogP contribution in [-0.2, 0) is 17.9 Å². The van der Waals surface area contributed by atoms with Gasteiger partial charge >= 0.3 is 0 Å². The van der Waals surface area contributed by atoms with Gasteiger partial charge in [-0.1, -0.05) is 30.3 Å². The molecule has 8 nitrogen and oxygen atoms in total. The second-order valence-corrected chi connectivity index (χ2v) is 9.25. The predicted molar refractivity (Wildman–Crippen MR) is 133 cm³/mol. The smallest absolute Gasteiger partial charge is 0.219 e. The minimum absolute atomic E-state index is 0.0484. The van der Waals surface area contributed by atoms with Gasteiger partial charge < -0.3 is 19.5 Å². The number of carbonyl (C=O) groups is 1. The average molecular weight is 479 g/mol. The van der Waals surface area contributed by atoms with Gasteiger partial charge in [0.1, 0.15) is 30.3 Å². The third kappa shape index (κ3) is 7.31. The van der Waals surface area contributed by atoms with Crippen LogP contribution in [0.1, 0.15) is 18.1 Å². The van der Waals surface area contributed by atoms with Crippen molar-refractivity contribution in [1.82, 2.24) is 19.6 Å². The molecule has 8 heteroatoms. The standard InChI is InChI=1S/C27H34N4O4/c1-22-16-28-31(17-22)13-14-34-26-10-6-7-24(15-26)18-29-11-12-30(23(2)32)20-27(33,19-29)21-35-25-8-4-3-5-9-25/h3-10,15-17,33H,11-14,18-21H2,1-2H3/t27-/m1/s1. The molecule has 1 amide bonds. The van der Waals surface area contributed by atoms with Crippen LogP contribution in [0.4, 0.5) is 0 Å². The van der Waals surface area contributed by atoms with E-state index < -0.39 is 5.60 Å². The number of rotatable bonds is 9. The lowest BCUT2D eigenvalue weighted by atomic mass is 10.0. The van der Waals surface area contributed by atoms with Gasteiger partial charge in [0.05, 0.1) is 19.3 Å². The third-order valence-corrected chi connectivity index (χ3v) is 6.04. The third-order valence-electron chi connectivity index (χ3n) is 6.04. The van der Waals surface area contributed by atoms with Gasteiger partial charge in [-0.2, -0.15) is 5.10 Å². The topological polar surface area (TPSA) is 80.1 Å². The first-order chi connectivity index (χ1) is 16.9. The molecule has 1 fully saturated rings. The Morgan fingerprint density at radius 3 is 2.60 bits per heavy atom. The van der Waals surface area contributed by atoms with Crippen molar-refractivity contribution in [3.63, 3.8) is 0 Å². The summed E-state index contributed by atoms with van der Waals surface area (Å²) in [7, 11) is 0. The van der Waals surface area contributed by atoms with Crippen LogP contribution in [0.15, 0.2) is 67.0 Å². The van der Waals surface area contributed by atoms with E-state index in [1.807, 2.05) is 72.5 Å². The van der Waals surface area contributed by atoms with Gasteiger partial charge in [-0.05, 0) is 42.3 Å². The molecule has 2 heterocycles. The van der Waals surface area contributed by atoms with Crippen LogP contribution in [-0.4, -0.2) is 75.6 Å². The maximum atomic E-state index is 12.2. The lowest BCUT2D eigenvalue weighted by Crippen LogP contribution is -2.51. The zero-order chi connectivity index (χ0) is 24.7. The van der Waals surface area contributed by atoms with Gasteiger partial charge in [-0.25, -0.2) is 0 Å². The molecule has 0 spiro atoms. The molecule has 0 aliphatic carbocycles. The van der Waals surface area contributed by atoms with Gasteiger partial charge in [0.15, 0.2) is 0 Å². The molecular weight excluding hydrogens is 444 g/mol. The van der Waals surface area contributed by atoms with Crippen molar-refractivity contribution in [3.8, 4) is 11.5 Å². The number of hydrogen-bond donors (Lipinski definition) is 1. The number of carbonyl (C=O) groups excluding carboxylic acids is 1. The van der Waals surface area contributed by atoms with Crippen LogP contribution in [0.2, 0.25) is 0 Å². The van der Waals surface area contributed by atoms with Crippen LogP contribution in [0.3, 0.4) is 0 Å². The summed E-state index contributed by atoms with van der Waals surface area (Å²) >= 11 is 0. The number of benzene rings is 2. The van der Waals surface area contributed by atoms with Crippen molar-refractivity contribution >= 4 is 5.91 Å². The Kier molecular flexibility index (Phi) is 8.05. The molecule has 1 aliphatic rings. The Morgan fingerprint density at radius 1 is 1.06 bits per heavy atom. The summed E-state index contributed by atoms with van der Waals surface area (Å²) in [5.74, 6) is 1.45. The van der Waals surface area contributed by atoms with E-state index >= 15 is 0 Å². The summed E-state index contributed by atoms with van der Waals surface area (Å²) in [5.41, 5.74) is 1.02. The molecule has 35 heavy (non-hydrogen) atoms. The molecule has 4 rings (SSSR count). The van der Waals surface area contributed by atoms with Gasteiger partial charge in [0.2, 0.25) is 5.91 Å². The van der Waals surface area contributed by atoms with Crippen LogP contribution in [0, 0.1) is 6.92 Å². The monoisotopic (exact) mass is 478 g/mol. The Bertz CT molecular complexity index is 1100. The molecule has 186 valence electrons. The van der Waals surface area contributed by atoms with Crippen molar-refractivity contribution in [2.24, 2.45) is 0 Å². The highest BCUT2D eigenvalue weighted by atomic mass is 16.5. The summed E-state index contributed by atoms with van der Waals surface area (Å²) in [5, 5.41) is 15.8. The Balaban J connectivity index is 1.38. The molecular formula is C27H34N4O4. The summed E-state index contributed by atoms with van der Waals surface area (Å²) in [6.07, 6.45) is 3.83. The highest BCUT2D eigenvalue weighted by Gasteiger charge is 2.36. The SMILES string of the molecule is CC(=O)N1CCN(Cc2cccc(OCCn3cc(C)cn3)c2)C[C@](O)(COc2ccccc2)C1. The summed E-state index contributed by atoms with van der Waals surface area (Å²) in [4.78, 5) is 16.0. The number of ether oxygens (including phenoxy) is 2. The normalized spacial score (nSPS) is 18.8. The van der Waals surface area contributed by atoms with Crippen LogP contribution >= 0.6 is 0 Å². The van der Waals surface area contributed by atoms with E-state index in [-0.39, 0.29) is 19.1 Å². The maximum Gasteiger partial charge on any atom is 0.219 e. The van der Waals surface area contributed by atoms with Crippen LogP contribution < -0.4 is 9.47 Å². The molecule has 0 unspecified atom stereocenters. The number of hydrogen-bond acceptors (Lipinski definition) is 6. The van der Waals surface area contributed by atoms with Crippen LogP contribution in [0.25, 0.3) is 0 Å². The number of amides is 1. The van der Waals surface area contributed by atoms with Crippen molar-refractivity contribution in [1.29, 1.82) is 0 Å². The van der Waals surface area contributed by atoms with Gasteiger partial charge in [-0.15, -0.1) is 0 Å². The van der Waals surface area contributed by atoms with E-state index in [0.717, 1.165) is 16.9 Å². The van der Waals surface area contributed by atoms with Crippen molar-refractivity contribution in [3.05, 3.63) is 78.1 Å². The first kappa shape index (κ1) is 24.8. The van der Waals surface area contributed by atoms with Crippen molar-refractivity contribution in [2.75, 3.05) is 39.4 Å². The maximum absolute atomic E-state index is 12.2. The number of aromatic nitrogens is 2. The lowest BCUT2D eigenvalue weighted by molar-refractivity contribution is -0.132. The second-order valence-electron chi connectivity index (χ2n) is 9.25. The fourth-order valence-corrected chi connectivity index (χ4v) is 4.31. The molecule has 1 saturated heterocycles. The van der Waals surface area contributed by atoms with E-state index in [2.05, 4.69) is 16.1 Å². The zero-order valence-corrected chi connectivity index (χ0v) is 20.5. The largest absolute Gasteiger partial charge is 0.492 e. The molecule has 1 aliphatic heterocycles. The summed E-state index contributed by atoms with van der Waals surface area (Å²) in [6, 6.07) is 17.4. The number of aryl methyl sites for hydroxylation is 1. The van der Waals surface area contributed by atoms with E-state index in [0.29, 0.717) is 45.1 Å². The molecule has 0 radical (unpaired) electrons. The number of para-hydroxylation sites is 1. The molecule has 1 N–H and O–H groups in total. The highest BCUT2D eigenvalue weighted by Crippen LogP contribution is 2.21. The second kappa shape index (κ2) is 11.4. The van der Waals surface area contributed by atoms with E-state index in [1.54, 1.807) is 11.8 Å². The Labute approximate surface area is 206 Å². The zero-order valence-electron chi connectivity index (χ0n) is 20.5. The molecule has 2 aromatic carbocycles. The number of nitrogens with zero attached hydrogens (tertiary/aromatic N) is 4. The number of aliphatic hydroxyl groups is 1. The molecule has 1 aromatic heterocycles. The molecule has 0 bridgehead atoms. The lowest BCUT2D eigenvalue weighted by Gasteiger charge is -2.32. The van der Waals surface area contributed by atoms with Gasteiger partial charge in [0, 0.05) is 39.3 Å². The minimum Gasteiger partial charge on any atom is -0.492 e. The highest BCUT2D eigenvalue weighted by molar-refractivity contribution is 5.73. The fourth-order valence-electron chi connectivity index (χ4n) is 4.31.